The van der Waals surface area contributed by atoms with Gasteiger partial charge in [-0.2, -0.15) is 0 Å². The fourth-order valence-corrected chi connectivity index (χ4v) is 11.0. The number of hydrogen-bond donors (Lipinski definition) is 0. The molecule has 0 heterocycles. The van der Waals surface area contributed by atoms with Crippen molar-refractivity contribution in [2.24, 2.45) is 0 Å². The van der Waals surface area contributed by atoms with Gasteiger partial charge < -0.3 is 14.2 Å². The number of allylic oxidation sites excluding steroid dienone is 8. The fraction of sp³-hybridized carbons (Fsp3) is 0.855. The van der Waals surface area contributed by atoms with Gasteiger partial charge in [0.1, 0.15) is 13.2 Å². The molecule has 480 valence electrons. The number of hydrogen-bond acceptors (Lipinski definition) is 6. The maximum atomic E-state index is 12.9. The summed E-state index contributed by atoms with van der Waals surface area (Å²) in [6, 6.07) is 0. The number of carbonyl (C=O) groups excluding carboxylic acids is 3. The van der Waals surface area contributed by atoms with Gasteiger partial charge in [-0.05, 0) is 83.5 Å². The quantitative estimate of drug-likeness (QED) is 0.0261. The van der Waals surface area contributed by atoms with E-state index in [0.29, 0.717) is 19.3 Å². The maximum Gasteiger partial charge on any atom is 0.306 e. The first kappa shape index (κ1) is 79.4. The van der Waals surface area contributed by atoms with Gasteiger partial charge in [-0.25, -0.2) is 0 Å². The summed E-state index contributed by atoms with van der Waals surface area (Å²) in [4.78, 5) is 38.4. The van der Waals surface area contributed by atoms with Crippen molar-refractivity contribution in [3.8, 4) is 0 Å². The second-order valence-corrected chi connectivity index (χ2v) is 24.9. The van der Waals surface area contributed by atoms with Crippen molar-refractivity contribution in [1.82, 2.24) is 0 Å². The Bertz CT molecular complexity index is 1410. The largest absolute Gasteiger partial charge is 0.462 e. The lowest BCUT2D eigenvalue weighted by Crippen LogP contribution is -2.30. The lowest BCUT2D eigenvalue weighted by atomic mass is 10.0. The molecule has 6 nitrogen and oxygen atoms in total. The van der Waals surface area contributed by atoms with E-state index in [1.807, 2.05) is 0 Å². The van der Waals surface area contributed by atoms with Crippen LogP contribution in [0.2, 0.25) is 0 Å². The molecule has 0 aromatic carbocycles. The molecule has 0 spiro atoms. The van der Waals surface area contributed by atoms with Crippen molar-refractivity contribution in [3.05, 3.63) is 48.6 Å². The Balaban J connectivity index is 4.12. The van der Waals surface area contributed by atoms with Crippen LogP contribution in [0.15, 0.2) is 48.6 Å². The van der Waals surface area contributed by atoms with Gasteiger partial charge in [-0.1, -0.05) is 345 Å². The Morgan fingerprint density at radius 1 is 0.244 bits per heavy atom. The maximum absolute atomic E-state index is 12.9. The van der Waals surface area contributed by atoms with Crippen LogP contribution in [0.3, 0.4) is 0 Å². The molecule has 1 unspecified atom stereocenters. The third kappa shape index (κ3) is 68.2. The zero-order valence-electron chi connectivity index (χ0n) is 55.3. The monoisotopic (exact) mass is 1150 g/mol. The van der Waals surface area contributed by atoms with Crippen LogP contribution in [0, 0.1) is 0 Å². The molecule has 1 atom stereocenters. The topological polar surface area (TPSA) is 78.9 Å². The summed E-state index contributed by atoms with van der Waals surface area (Å²) >= 11 is 0. The molecular formula is C76H140O6. The smallest absolute Gasteiger partial charge is 0.306 e. The van der Waals surface area contributed by atoms with Gasteiger partial charge in [0.05, 0.1) is 0 Å². The molecule has 0 saturated heterocycles. The van der Waals surface area contributed by atoms with Crippen molar-refractivity contribution < 1.29 is 28.6 Å². The first-order valence-electron chi connectivity index (χ1n) is 36.6. The molecule has 0 aliphatic rings. The molecule has 82 heavy (non-hydrogen) atoms. The molecule has 0 amide bonds. The van der Waals surface area contributed by atoms with Gasteiger partial charge in [0.15, 0.2) is 6.10 Å². The van der Waals surface area contributed by atoms with Crippen LogP contribution in [0.1, 0.15) is 400 Å². The van der Waals surface area contributed by atoms with Gasteiger partial charge in [0.25, 0.3) is 0 Å². The van der Waals surface area contributed by atoms with Crippen molar-refractivity contribution in [2.45, 2.75) is 406 Å². The van der Waals surface area contributed by atoms with Gasteiger partial charge >= 0.3 is 17.9 Å². The molecule has 0 fully saturated rings. The molecule has 0 bridgehead atoms. The highest BCUT2D eigenvalue weighted by Gasteiger charge is 2.19. The van der Waals surface area contributed by atoms with Crippen molar-refractivity contribution >= 4 is 17.9 Å². The van der Waals surface area contributed by atoms with E-state index in [4.69, 9.17) is 14.2 Å². The van der Waals surface area contributed by atoms with E-state index in [1.165, 1.54) is 289 Å². The summed E-state index contributed by atoms with van der Waals surface area (Å²) in [5.74, 6) is -0.844. The Morgan fingerprint density at radius 2 is 0.439 bits per heavy atom. The number of esters is 3. The average molecular weight is 1150 g/mol. The first-order chi connectivity index (χ1) is 40.5. The molecular weight excluding hydrogens is 1010 g/mol. The van der Waals surface area contributed by atoms with Crippen LogP contribution < -0.4 is 0 Å². The van der Waals surface area contributed by atoms with E-state index in [9.17, 15) is 14.4 Å². The van der Waals surface area contributed by atoms with Crippen molar-refractivity contribution in [1.29, 1.82) is 0 Å². The van der Waals surface area contributed by atoms with E-state index in [1.54, 1.807) is 0 Å². The summed E-state index contributed by atoms with van der Waals surface area (Å²) in [5, 5.41) is 0. The Kier molecular flexibility index (Phi) is 68.6. The molecule has 0 aliphatic carbocycles. The molecule has 0 aliphatic heterocycles. The highest BCUT2D eigenvalue weighted by Crippen LogP contribution is 2.18. The SMILES string of the molecule is CCCCCCC/C=C\C/C=C\C/C=C\CCCCCCCCCCCCCCCCCCC(=O)OCC(COC(=O)CCCCCCCCCCCC)OC(=O)CCCCCCCCCCCCC/C=C\CCCCCCCCCC. The Hall–Kier alpha value is -2.63. The molecule has 0 N–H and O–H groups in total. The van der Waals surface area contributed by atoms with E-state index >= 15 is 0 Å². The number of rotatable bonds is 68. The molecule has 0 rings (SSSR count). The van der Waals surface area contributed by atoms with Crippen LogP contribution in [0.4, 0.5) is 0 Å². The zero-order valence-corrected chi connectivity index (χ0v) is 55.3. The van der Waals surface area contributed by atoms with Crippen molar-refractivity contribution in [2.75, 3.05) is 13.2 Å². The fourth-order valence-electron chi connectivity index (χ4n) is 11.0. The predicted molar refractivity (Wildman–Crippen MR) is 358 cm³/mol. The molecule has 6 heteroatoms. The van der Waals surface area contributed by atoms with Gasteiger partial charge in [-0.3, -0.25) is 14.4 Å². The predicted octanol–water partition coefficient (Wildman–Crippen LogP) is 25.3. The third-order valence-electron chi connectivity index (χ3n) is 16.6. The summed E-state index contributed by atoms with van der Waals surface area (Å²) < 4.78 is 17.0. The average Bonchev–Trinajstić information content (AvgIpc) is 3.47. The summed E-state index contributed by atoms with van der Waals surface area (Å²) in [6.45, 7) is 6.68. The van der Waals surface area contributed by atoms with E-state index in [2.05, 4.69) is 69.4 Å². The molecule has 0 radical (unpaired) electrons. The summed E-state index contributed by atoms with van der Waals surface area (Å²) in [5.41, 5.74) is 0. The van der Waals surface area contributed by atoms with Crippen molar-refractivity contribution in [3.63, 3.8) is 0 Å². The van der Waals surface area contributed by atoms with Crippen LogP contribution in [0.5, 0.6) is 0 Å². The van der Waals surface area contributed by atoms with E-state index < -0.39 is 6.10 Å². The number of carbonyl (C=O) groups is 3. The van der Waals surface area contributed by atoms with Crippen LogP contribution >= 0.6 is 0 Å². The normalized spacial score (nSPS) is 12.3. The summed E-state index contributed by atoms with van der Waals surface area (Å²) in [7, 11) is 0. The molecule has 0 aromatic rings. The lowest BCUT2D eigenvalue weighted by molar-refractivity contribution is -0.167. The molecule has 0 aromatic heterocycles. The van der Waals surface area contributed by atoms with Gasteiger partial charge in [0.2, 0.25) is 0 Å². The second kappa shape index (κ2) is 70.9. The minimum Gasteiger partial charge on any atom is -0.462 e. The zero-order chi connectivity index (χ0) is 59.2. The number of unbranched alkanes of at least 4 members (excludes halogenated alkanes) is 49. The Labute approximate surface area is 511 Å². The van der Waals surface area contributed by atoms with Gasteiger partial charge in [-0.15, -0.1) is 0 Å². The Morgan fingerprint density at radius 3 is 0.695 bits per heavy atom. The minimum atomic E-state index is -0.771. The van der Waals surface area contributed by atoms with Crippen LogP contribution in [-0.4, -0.2) is 37.2 Å². The highest BCUT2D eigenvalue weighted by molar-refractivity contribution is 5.71. The third-order valence-corrected chi connectivity index (χ3v) is 16.6. The summed E-state index contributed by atoms with van der Waals surface area (Å²) in [6.07, 6.45) is 90.2. The van der Waals surface area contributed by atoms with Crippen LogP contribution in [0.25, 0.3) is 0 Å². The highest BCUT2D eigenvalue weighted by atomic mass is 16.6. The van der Waals surface area contributed by atoms with E-state index in [-0.39, 0.29) is 31.1 Å². The van der Waals surface area contributed by atoms with Crippen LogP contribution in [-0.2, 0) is 28.6 Å². The molecule has 0 saturated carbocycles. The standard InChI is InChI=1S/C76H140O6/c1-4-7-10-13-16-19-22-24-26-28-30-32-34-35-36-37-38-39-40-41-43-44-46-48-50-52-54-57-60-63-66-69-75(78)81-72-73(71-80-74(77)68-65-62-59-56-21-18-15-12-9-6-3)82-76(79)70-67-64-61-58-55-53-51-49-47-45-42-33-31-29-27-25-23-20-17-14-11-8-5-2/h22,24,28-31,34-35,73H,4-21,23,25-27,32-33,36-72H2,1-3H3/b24-22-,30-28-,31-29-,35-34-. The lowest BCUT2D eigenvalue weighted by Gasteiger charge is -2.18. The first-order valence-corrected chi connectivity index (χ1v) is 36.6. The number of ether oxygens (including phenoxy) is 3. The van der Waals surface area contributed by atoms with E-state index in [0.717, 1.165) is 70.6 Å². The second-order valence-electron chi connectivity index (χ2n) is 24.9. The van der Waals surface area contributed by atoms with Gasteiger partial charge in [0, 0.05) is 19.3 Å². The minimum absolute atomic E-state index is 0.0678.